The highest BCUT2D eigenvalue weighted by molar-refractivity contribution is 5.85. The summed E-state index contributed by atoms with van der Waals surface area (Å²) in [7, 11) is 0. The van der Waals surface area contributed by atoms with Crippen LogP contribution in [0.2, 0.25) is 0 Å². The van der Waals surface area contributed by atoms with Crippen molar-refractivity contribution in [2.75, 3.05) is 0 Å². The van der Waals surface area contributed by atoms with Crippen LogP contribution in [0.1, 0.15) is 27.7 Å². The molecule has 58 valence electrons. The lowest BCUT2D eigenvalue weighted by Crippen LogP contribution is -2.36. The molecule has 3 heteroatoms. The van der Waals surface area contributed by atoms with Crippen LogP contribution >= 0.6 is 0 Å². The van der Waals surface area contributed by atoms with E-state index in [1.807, 2.05) is 20.8 Å². The summed E-state index contributed by atoms with van der Waals surface area (Å²) in [5.41, 5.74) is -0.265. The van der Waals surface area contributed by atoms with Crippen LogP contribution in [0.4, 0.5) is 0 Å². The maximum atomic E-state index is 10.9. The van der Waals surface area contributed by atoms with Crippen LogP contribution in [0.15, 0.2) is 0 Å². The van der Waals surface area contributed by atoms with E-state index < -0.39 is 5.79 Å². The average Bonchev–Trinajstić information content (AvgIpc) is 2.36. The van der Waals surface area contributed by atoms with Crippen molar-refractivity contribution < 1.29 is 14.6 Å². The van der Waals surface area contributed by atoms with Gasteiger partial charge in [0, 0.05) is 12.3 Å². The number of Topliss-reactive ketones (excluding diaryl/α,β-unsaturated/α-hetero) is 1. The van der Waals surface area contributed by atoms with Crippen LogP contribution in [-0.4, -0.2) is 11.6 Å². The first-order valence-electron chi connectivity index (χ1n) is 3.28. The van der Waals surface area contributed by atoms with Gasteiger partial charge in [0.2, 0.25) is 0 Å². The molecule has 0 saturated carbocycles. The van der Waals surface area contributed by atoms with Crippen molar-refractivity contribution in [2.24, 2.45) is 5.41 Å². The smallest absolute Gasteiger partial charge is 0.294 e. The highest BCUT2D eigenvalue weighted by atomic mass is 17.4. The summed E-state index contributed by atoms with van der Waals surface area (Å²) in [5.74, 6) is -1.02. The van der Waals surface area contributed by atoms with Crippen molar-refractivity contribution in [3.05, 3.63) is 0 Å². The molecule has 0 spiro atoms. The lowest BCUT2D eigenvalue weighted by atomic mass is 9.84. The Bertz CT molecular complexity index is 162. The van der Waals surface area contributed by atoms with Gasteiger partial charge in [0.25, 0.3) is 5.79 Å². The predicted octanol–water partition coefficient (Wildman–Crippen LogP) is 1.28. The molecule has 0 unspecified atom stereocenters. The molecular weight excluding hydrogens is 132 g/mol. The third-order valence-electron chi connectivity index (χ3n) is 1.70. The fourth-order valence-corrected chi connectivity index (χ4v) is 0.937. The molecule has 1 rings (SSSR count). The minimum atomic E-state index is -0.951. The highest BCUT2D eigenvalue weighted by Crippen LogP contribution is 2.46. The van der Waals surface area contributed by atoms with E-state index >= 15 is 0 Å². The predicted molar refractivity (Wildman–Crippen MR) is 35.0 cm³/mol. The van der Waals surface area contributed by atoms with Gasteiger partial charge in [-0.1, -0.05) is 20.8 Å². The zero-order valence-corrected chi connectivity index (χ0v) is 6.72. The van der Waals surface area contributed by atoms with Gasteiger partial charge in [0.15, 0.2) is 5.78 Å². The van der Waals surface area contributed by atoms with E-state index in [-0.39, 0.29) is 11.2 Å². The van der Waals surface area contributed by atoms with E-state index in [1.54, 1.807) is 0 Å². The van der Waals surface area contributed by atoms with E-state index in [4.69, 9.17) is 0 Å². The number of carbonyl (C=O) groups is 1. The first-order valence-corrected chi connectivity index (χ1v) is 3.28. The van der Waals surface area contributed by atoms with Gasteiger partial charge in [-0.05, 0) is 0 Å². The summed E-state index contributed by atoms with van der Waals surface area (Å²) in [5, 5.41) is 0. The van der Waals surface area contributed by atoms with Gasteiger partial charge in [-0.2, -0.15) is 9.78 Å². The van der Waals surface area contributed by atoms with E-state index in [2.05, 4.69) is 9.78 Å². The van der Waals surface area contributed by atoms with Crippen LogP contribution in [0, 0.1) is 5.41 Å². The molecule has 0 radical (unpaired) electrons. The Morgan fingerprint density at radius 3 is 1.70 bits per heavy atom. The standard InChI is InChI=1S/C7H12O3/c1-5(8)7(9-10-7)6(2,3)4/h1-4H3. The third-order valence-corrected chi connectivity index (χ3v) is 1.70. The van der Waals surface area contributed by atoms with Crippen molar-refractivity contribution in [3.8, 4) is 0 Å². The van der Waals surface area contributed by atoms with Crippen LogP contribution in [0.5, 0.6) is 0 Å². The fraction of sp³-hybridized carbons (Fsp3) is 0.857. The Morgan fingerprint density at radius 1 is 1.30 bits per heavy atom. The second-order valence-electron chi connectivity index (χ2n) is 3.59. The molecule has 0 amide bonds. The van der Waals surface area contributed by atoms with Gasteiger partial charge in [-0.15, -0.1) is 0 Å². The highest BCUT2D eigenvalue weighted by Gasteiger charge is 2.62. The normalized spacial score (nSPS) is 22.4. The molecule has 0 N–H and O–H groups in total. The molecule has 1 fully saturated rings. The summed E-state index contributed by atoms with van der Waals surface area (Å²) < 4.78 is 0. The molecule has 0 aromatic carbocycles. The lowest BCUT2D eigenvalue weighted by Gasteiger charge is -2.19. The number of ketones is 1. The molecule has 3 nitrogen and oxygen atoms in total. The van der Waals surface area contributed by atoms with Crippen molar-refractivity contribution in [1.29, 1.82) is 0 Å². The van der Waals surface area contributed by atoms with E-state index in [9.17, 15) is 4.79 Å². The second kappa shape index (κ2) is 1.80. The topological polar surface area (TPSA) is 42.1 Å². The second-order valence-corrected chi connectivity index (χ2v) is 3.59. The van der Waals surface area contributed by atoms with Crippen molar-refractivity contribution in [3.63, 3.8) is 0 Å². The molecular formula is C7H12O3. The molecule has 0 aromatic rings. The summed E-state index contributed by atoms with van der Waals surface area (Å²) in [4.78, 5) is 20.3. The molecule has 1 aliphatic rings. The molecule has 10 heavy (non-hydrogen) atoms. The Morgan fingerprint density at radius 2 is 1.70 bits per heavy atom. The Hall–Kier alpha value is -0.410. The third kappa shape index (κ3) is 0.859. The summed E-state index contributed by atoms with van der Waals surface area (Å²) in [6.45, 7) is 7.18. The summed E-state index contributed by atoms with van der Waals surface area (Å²) in [6.07, 6.45) is 0. The molecule has 0 aromatic heterocycles. The SMILES string of the molecule is CC(=O)C1(C(C)(C)C)OO1. The largest absolute Gasteiger partial charge is 0.295 e. The summed E-state index contributed by atoms with van der Waals surface area (Å²) in [6, 6.07) is 0. The van der Waals surface area contributed by atoms with E-state index in [0.29, 0.717) is 0 Å². The number of carbonyl (C=O) groups excluding carboxylic acids is 1. The van der Waals surface area contributed by atoms with Crippen molar-refractivity contribution >= 4 is 5.78 Å². The molecule has 0 aliphatic carbocycles. The quantitative estimate of drug-likeness (QED) is 0.411. The first-order chi connectivity index (χ1) is 4.40. The minimum Gasteiger partial charge on any atom is -0.294 e. The maximum Gasteiger partial charge on any atom is 0.295 e. The lowest BCUT2D eigenvalue weighted by molar-refractivity contribution is -0.126. The molecule has 1 aliphatic heterocycles. The van der Waals surface area contributed by atoms with Crippen molar-refractivity contribution in [2.45, 2.75) is 33.5 Å². The van der Waals surface area contributed by atoms with E-state index in [0.717, 1.165) is 0 Å². The van der Waals surface area contributed by atoms with Crippen LogP contribution in [0.3, 0.4) is 0 Å². The Kier molecular flexibility index (Phi) is 1.38. The zero-order chi connectivity index (χ0) is 7.99. The van der Waals surface area contributed by atoms with Crippen molar-refractivity contribution in [1.82, 2.24) is 0 Å². The number of hydrogen-bond donors (Lipinski definition) is 0. The maximum absolute atomic E-state index is 10.9. The number of hydrogen-bond acceptors (Lipinski definition) is 3. The van der Waals surface area contributed by atoms with Gasteiger partial charge in [0.1, 0.15) is 0 Å². The van der Waals surface area contributed by atoms with Gasteiger partial charge in [0.05, 0.1) is 0 Å². The molecule has 1 saturated heterocycles. The first kappa shape index (κ1) is 7.69. The van der Waals surface area contributed by atoms with Gasteiger partial charge in [-0.3, -0.25) is 4.79 Å². The number of rotatable bonds is 1. The monoisotopic (exact) mass is 144 g/mol. The van der Waals surface area contributed by atoms with Crippen LogP contribution in [-0.2, 0) is 14.6 Å². The molecule has 0 bridgehead atoms. The fourth-order valence-electron chi connectivity index (χ4n) is 0.937. The average molecular weight is 144 g/mol. The van der Waals surface area contributed by atoms with Crippen LogP contribution in [0.25, 0.3) is 0 Å². The molecule has 1 heterocycles. The zero-order valence-electron chi connectivity index (χ0n) is 6.72. The van der Waals surface area contributed by atoms with Gasteiger partial charge < -0.3 is 0 Å². The van der Waals surface area contributed by atoms with Gasteiger partial charge in [-0.25, -0.2) is 0 Å². The van der Waals surface area contributed by atoms with Crippen LogP contribution < -0.4 is 0 Å². The minimum absolute atomic E-state index is 0.0694. The van der Waals surface area contributed by atoms with Gasteiger partial charge >= 0.3 is 0 Å². The Balaban J connectivity index is 2.80. The van der Waals surface area contributed by atoms with E-state index in [1.165, 1.54) is 6.92 Å². The Labute approximate surface area is 60.2 Å². The molecule has 0 atom stereocenters. The summed E-state index contributed by atoms with van der Waals surface area (Å²) >= 11 is 0.